The van der Waals surface area contributed by atoms with Crippen molar-refractivity contribution in [1.82, 2.24) is 0 Å². The van der Waals surface area contributed by atoms with Crippen molar-refractivity contribution in [1.29, 1.82) is 0 Å². The first-order chi connectivity index (χ1) is 26.8. The highest BCUT2D eigenvalue weighted by Gasteiger charge is 2.20. The topological polar surface area (TPSA) is 0 Å². The maximum Gasteiger partial charge on any atom is 0.0448 e. The molecule has 0 atom stereocenters. The molecule has 0 N–H and O–H groups in total. The molecule has 54 heavy (non-hydrogen) atoms. The molecule has 0 aliphatic carbocycles. The van der Waals surface area contributed by atoms with Crippen LogP contribution in [0.4, 0.5) is 0 Å². The molecule has 0 saturated heterocycles. The second-order valence-electron chi connectivity index (χ2n) is 14.3. The van der Waals surface area contributed by atoms with Gasteiger partial charge in [-0.2, -0.15) is 0 Å². The van der Waals surface area contributed by atoms with Crippen LogP contribution in [0.15, 0.2) is 182 Å². The zero-order chi connectivity index (χ0) is 35.3. The van der Waals surface area contributed by atoms with Crippen molar-refractivity contribution in [3.63, 3.8) is 0 Å². The first kappa shape index (κ1) is 30.2. The molecule has 12 rings (SSSR count). The normalized spacial score (nSPS) is 12.1. The van der Waals surface area contributed by atoms with Crippen LogP contribution >= 0.6 is 22.7 Å². The van der Waals surface area contributed by atoms with Crippen molar-refractivity contribution < 1.29 is 0 Å². The Hall–Kier alpha value is -6.32. The van der Waals surface area contributed by atoms with Crippen LogP contribution < -0.4 is 0 Å². The lowest BCUT2D eigenvalue weighted by atomic mass is 9.84. The number of rotatable bonds is 3. The van der Waals surface area contributed by atoms with Crippen molar-refractivity contribution in [3.05, 3.63) is 182 Å². The van der Waals surface area contributed by atoms with E-state index in [9.17, 15) is 0 Å². The van der Waals surface area contributed by atoms with Gasteiger partial charge >= 0.3 is 0 Å². The van der Waals surface area contributed by atoms with Crippen LogP contribution in [0.3, 0.4) is 0 Å². The first-order valence-electron chi connectivity index (χ1n) is 18.5. The van der Waals surface area contributed by atoms with Gasteiger partial charge in [0.25, 0.3) is 0 Å². The third-order valence-electron chi connectivity index (χ3n) is 11.4. The Kier molecular flexibility index (Phi) is 6.48. The molecule has 2 aromatic heterocycles. The zero-order valence-electron chi connectivity index (χ0n) is 29.1. The lowest BCUT2D eigenvalue weighted by molar-refractivity contribution is 1.64. The molecule has 0 aliphatic rings. The summed E-state index contributed by atoms with van der Waals surface area (Å²) in [5.74, 6) is 0. The standard InChI is InChI=1S/C52H30S2/c1-2-17-34-31(13-1)14-12-25-36(34)49-39-21-6-4-19-37(39)48(38-20-5-7-22-40(38)49)33-16-11-15-32(29-33)44-30-45-42-27-28-47-50(43-24-9-10-26-46(43)53-47)52(42)54-51(45)41-23-8-3-18-35(41)44/h1-30H. The summed E-state index contributed by atoms with van der Waals surface area (Å²) in [4.78, 5) is 0. The van der Waals surface area contributed by atoms with E-state index >= 15 is 0 Å². The summed E-state index contributed by atoms with van der Waals surface area (Å²) in [6.45, 7) is 0. The predicted molar refractivity (Wildman–Crippen MR) is 239 cm³/mol. The van der Waals surface area contributed by atoms with Gasteiger partial charge in [0, 0.05) is 45.7 Å². The maximum absolute atomic E-state index is 2.47. The lowest BCUT2D eigenvalue weighted by Gasteiger charge is -2.19. The van der Waals surface area contributed by atoms with Gasteiger partial charge in [0.05, 0.1) is 0 Å². The van der Waals surface area contributed by atoms with Gasteiger partial charge in [0.2, 0.25) is 0 Å². The summed E-state index contributed by atoms with van der Waals surface area (Å²) >= 11 is 3.85. The maximum atomic E-state index is 2.47. The van der Waals surface area contributed by atoms with Crippen molar-refractivity contribution in [2.75, 3.05) is 0 Å². The van der Waals surface area contributed by atoms with E-state index in [1.165, 1.54) is 117 Å². The van der Waals surface area contributed by atoms with Crippen LogP contribution in [0.2, 0.25) is 0 Å². The summed E-state index contributed by atoms with van der Waals surface area (Å²) in [7, 11) is 0. The smallest absolute Gasteiger partial charge is 0.0448 e. The minimum Gasteiger partial charge on any atom is -0.135 e. The molecule has 0 radical (unpaired) electrons. The summed E-state index contributed by atoms with van der Waals surface area (Å²) in [5, 5.41) is 15.7. The molecule has 12 aromatic rings. The van der Waals surface area contributed by atoms with Gasteiger partial charge in [-0.05, 0) is 95.3 Å². The predicted octanol–water partition coefficient (Wildman–Crippen LogP) is 16.0. The van der Waals surface area contributed by atoms with Crippen LogP contribution in [0, 0.1) is 0 Å². The van der Waals surface area contributed by atoms with E-state index in [0.717, 1.165) is 0 Å². The number of thiophene rings is 2. The van der Waals surface area contributed by atoms with Crippen LogP contribution in [-0.4, -0.2) is 0 Å². The highest BCUT2D eigenvalue weighted by atomic mass is 32.1. The van der Waals surface area contributed by atoms with Gasteiger partial charge < -0.3 is 0 Å². The molecule has 0 unspecified atom stereocenters. The average Bonchev–Trinajstić information content (AvgIpc) is 3.81. The molecule has 250 valence electrons. The summed E-state index contributed by atoms with van der Waals surface area (Å²) < 4.78 is 5.47. The van der Waals surface area contributed by atoms with Crippen LogP contribution in [-0.2, 0) is 0 Å². The summed E-state index contributed by atoms with van der Waals surface area (Å²) in [5.41, 5.74) is 7.59. The van der Waals surface area contributed by atoms with E-state index in [0.29, 0.717) is 0 Å². The molecule has 0 aliphatic heterocycles. The van der Waals surface area contributed by atoms with Crippen LogP contribution in [0.1, 0.15) is 0 Å². The van der Waals surface area contributed by atoms with Crippen molar-refractivity contribution in [2.24, 2.45) is 0 Å². The lowest BCUT2D eigenvalue weighted by Crippen LogP contribution is -1.92. The van der Waals surface area contributed by atoms with Gasteiger partial charge in [0.1, 0.15) is 0 Å². The number of hydrogen-bond acceptors (Lipinski definition) is 2. The second kappa shape index (κ2) is 11.6. The highest BCUT2D eigenvalue weighted by molar-refractivity contribution is 7.30. The largest absolute Gasteiger partial charge is 0.135 e. The molecule has 0 saturated carbocycles. The molecule has 0 fully saturated rings. The van der Waals surface area contributed by atoms with Gasteiger partial charge in [-0.1, -0.05) is 158 Å². The number of benzene rings is 10. The van der Waals surface area contributed by atoms with E-state index in [1.807, 2.05) is 22.7 Å². The van der Waals surface area contributed by atoms with E-state index in [1.54, 1.807) is 0 Å². The monoisotopic (exact) mass is 718 g/mol. The fraction of sp³-hybridized carbons (Fsp3) is 0. The SMILES string of the molecule is c1cc(-c2c3ccccc3c(-c3cccc4ccccc34)c3ccccc23)cc(-c2cc3c4ccc5sc6ccccc6c5c4sc3c3ccccc23)c1. The van der Waals surface area contributed by atoms with Gasteiger partial charge in [0.15, 0.2) is 0 Å². The number of hydrogen-bond donors (Lipinski definition) is 0. The van der Waals surface area contributed by atoms with Crippen molar-refractivity contribution in [2.45, 2.75) is 0 Å². The van der Waals surface area contributed by atoms with Gasteiger partial charge in [-0.25, -0.2) is 0 Å². The average molecular weight is 719 g/mol. The van der Waals surface area contributed by atoms with Crippen LogP contribution in [0.25, 0.3) is 117 Å². The fourth-order valence-electron chi connectivity index (χ4n) is 9.12. The van der Waals surface area contributed by atoms with Gasteiger partial charge in [-0.3, -0.25) is 0 Å². The molecule has 0 amide bonds. The molecule has 0 nitrogen and oxygen atoms in total. The Bertz CT molecular complexity index is 3440. The third-order valence-corrected chi connectivity index (χ3v) is 13.8. The van der Waals surface area contributed by atoms with E-state index in [4.69, 9.17) is 0 Å². The molecule has 10 aromatic carbocycles. The molecular weight excluding hydrogens is 689 g/mol. The first-order valence-corrected chi connectivity index (χ1v) is 20.1. The highest BCUT2D eigenvalue weighted by Crippen LogP contribution is 2.49. The summed E-state index contributed by atoms with van der Waals surface area (Å²) in [6.07, 6.45) is 0. The van der Waals surface area contributed by atoms with E-state index in [-0.39, 0.29) is 0 Å². The van der Waals surface area contributed by atoms with E-state index < -0.39 is 0 Å². The Morgan fingerprint density at radius 1 is 0.278 bits per heavy atom. The Morgan fingerprint density at radius 2 is 0.852 bits per heavy atom. The molecule has 0 spiro atoms. The molecule has 2 heterocycles. The molecular formula is C52H30S2. The molecule has 0 bridgehead atoms. The number of fused-ring (bicyclic) bond motifs is 12. The minimum atomic E-state index is 1.23. The molecule has 2 heteroatoms. The Labute approximate surface area is 319 Å². The van der Waals surface area contributed by atoms with Crippen molar-refractivity contribution in [3.8, 4) is 33.4 Å². The third kappa shape index (κ3) is 4.30. The van der Waals surface area contributed by atoms with Crippen LogP contribution in [0.5, 0.6) is 0 Å². The Balaban J connectivity index is 1.12. The summed E-state index contributed by atoms with van der Waals surface area (Å²) in [6, 6.07) is 67.7. The van der Waals surface area contributed by atoms with Gasteiger partial charge in [-0.15, -0.1) is 22.7 Å². The fourth-order valence-corrected chi connectivity index (χ4v) is 11.7. The van der Waals surface area contributed by atoms with E-state index in [2.05, 4.69) is 182 Å². The zero-order valence-corrected chi connectivity index (χ0v) is 30.8. The van der Waals surface area contributed by atoms with Crippen molar-refractivity contribution >= 4 is 106 Å². The quantitative estimate of drug-likeness (QED) is 0.160. The Morgan fingerprint density at radius 3 is 1.63 bits per heavy atom. The minimum absolute atomic E-state index is 1.23. The second-order valence-corrected chi connectivity index (χ2v) is 16.4.